The lowest BCUT2D eigenvalue weighted by atomic mass is 9.77. The number of rotatable bonds is 5. The average Bonchev–Trinajstić information content (AvgIpc) is 2.60. The lowest BCUT2D eigenvalue weighted by molar-refractivity contribution is 0.0512. The van der Waals surface area contributed by atoms with Crippen molar-refractivity contribution >= 4 is 6.03 Å². The maximum absolute atomic E-state index is 12.6. The highest BCUT2D eigenvalue weighted by Crippen LogP contribution is 2.34. The zero-order valence-electron chi connectivity index (χ0n) is 14.6. The van der Waals surface area contributed by atoms with Gasteiger partial charge in [-0.2, -0.15) is 0 Å². The molecular weight excluding hydrogens is 288 g/mol. The van der Waals surface area contributed by atoms with Crippen LogP contribution >= 0.6 is 0 Å². The summed E-state index contributed by atoms with van der Waals surface area (Å²) < 4.78 is 0. The monoisotopic (exact) mass is 318 g/mol. The highest BCUT2D eigenvalue weighted by molar-refractivity contribution is 5.75. The third-order valence-electron chi connectivity index (χ3n) is 5.30. The molecule has 1 aliphatic rings. The molecule has 2 rings (SSSR count). The van der Waals surface area contributed by atoms with E-state index in [0.29, 0.717) is 5.92 Å². The smallest absolute Gasteiger partial charge is 0.317 e. The highest BCUT2D eigenvalue weighted by Gasteiger charge is 2.34. The van der Waals surface area contributed by atoms with E-state index in [1.54, 1.807) is 0 Å². The summed E-state index contributed by atoms with van der Waals surface area (Å²) in [5.74, 6) is 0.332. The first-order chi connectivity index (χ1) is 11.0. The molecule has 0 aliphatic carbocycles. The Balaban J connectivity index is 1.98. The third kappa shape index (κ3) is 4.25. The van der Waals surface area contributed by atoms with Crippen molar-refractivity contribution in [1.82, 2.24) is 10.2 Å². The van der Waals surface area contributed by atoms with Gasteiger partial charge in [-0.15, -0.1) is 0 Å². The molecule has 1 aromatic rings. The molecule has 1 heterocycles. The van der Waals surface area contributed by atoms with Crippen LogP contribution in [0.3, 0.4) is 0 Å². The topological polar surface area (TPSA) is 52.6 Å². The van der Waals surface area contributed by atoms with Gasteiger partial charge in [0.2, 0.25) is 0 Å². The molecule has 1 saturated heterocycles. The van der Waals surface area contributed by atoms with Gasteiger partial charge in [-0.05, 0) is 36.2 Å². The van der Waals surface area contributed by atoms with Crippen molar-refractivity contribution in [3.05, 3.63) is 35.9 Å². The number of aliphatic hydroxyl groups is 1. The van der Waals surface area contributed by atoms with E-state index in [9.17, 15) is 9.90 Å². The van der Waals surface area contributed by atoms with E-state index in [1.165, 1.54) is 0 Å². The number of amides is 2. The minimum Gasteiger partial charge on any atom is -0.396 e. The van der Waals surface area contributed by atoms with Gasteiger partial charge in [0.15, 0.2) is 0 Å². The van der Waals surface area contributed by atoms with Gasteiger partial charge in [0.25, 0.3) is 0 Å². The Labute approximate surface area is 139 Å². The average molecular weight is 318 g/mol. The minimum absolute atomic E-state index is 0.00760. The zero-order chi connectivity index (χ0) is 16.9. The van der Waals surface area contributed by atoms with Crippen LogP contribution < -0.4 is 5.32 Å². The fraction of sp³-hybridized carbons (Fsp3) is 0.632. The SMILES string of the molecule is CCC1(CO)CCN(C(=O)NC(c2ccccc2)C(C)C)CC1. The number of nitrogens with zero attached hydrogens (tertiary/aromatic N) is 1. The van der Waals surface area contributed by atoms with E-state index in [1.807, 2.05) is 23.1 Å². The number of piperidine rings is 1. The Morgan fingerprint density at radius 2 is 1.87 bits per heavy atom. The number of hydrogen-bond donors (Lipinski definition) is 2. The van der Waals surface area contributed by atoms with Crippen molar-refractivity contribution in [3.8, 4) is 0 Å². The standard InChI is InChI=1S/C19H30N2O2/c1-4-19(14-22)10-12-21(13-11-19)18(23)20-17(15(2)3)16-8-6-5-7-9-16/h5-9,15,17,22H,4,10-14H2,1-3H3,(H,20,23). The van der Waals surface area contributed by atoms with E-state index < -0.39 is 0 Å². The molecule has 0 spiro atoms. The fourth-order valence-corrected chi connectivity index (χ4v) is 3.33. The fourth-order valence-electron chi connectivity index (χ4n) is 3.33. The Hall–Kier alpha value is -1.55. The molecule has 0 bridgehead atoms. The molecule has 23 heavy (non-hydrogen) atoms. The summed E-state index contributed by atoms with van der Waals surface area (Å²) >= 11 is 0. The first-order valence-corrected chi connectivity index (χ1v) is 8.72. The molecule has 0 saturated carbocycles. The Bertz CT molecular complexity index is 487. The molecule has 128 valence electrons. The summed E-state index contributed by atoms with van der Waals surface area (Å²) in [4.78, 5) is 14.5. The molecule has 1 aliphatic heterocycles. The van der Waals surface area contributed by atoms with Crippen LogP contribution in [-0.2, 0) is 0 Å². The second-order valence-electron chi connectivity index (χ2n) is 7.08. The molecule has 4 nitrogen and oxygen atoms in total. The molecule has 0 aromatic heterocycles. The Morgan fingerprint density at radius 3 is 2.35 bits per heavy atom. The van der Waals surface area contributed by atoms with E-state index in [0.717, 1.165) is 37.9 Å². The van der Waals surface area contributed by atoms with Gasteiger partial charge in [-0.3, -0.25) is 0 Å². The van der Waals surface area contributed by atoms with Crippen LogP contribution in [0.15, 0.2) is 30.3 Å². The largest absolute Gasteiger partial charge is 0.396 e. The molecule has 2 amide bonds. The number of benzene rings is 1. The van der Waals surface area contributed by atoms with E-state index >= 15 is 0 Å². The third-order valence-corrected chi connectivity index (χ3v) is 5.30. The lowest BCUT2D eigenvalue weighted by Gasteiger charge is -2.40. The van der Waals surface area contributed by atoms with Gasteiger partial charge >= 0.3 is 6.03 Å². The van der Waals surface area contributed by atoms with Gasteiger partial charge in [0, 0.05) is 19.7 Å². The van der Waals surface area contributed by atoms with Crippen LogP contribution in [0.1, 0.15) is 51.6 Å². The van der Waals surface area contributed by atoms with Crippen molar-refractivity contribution in [3.63, 3.8) is 0 Å². The summed E-state index contributed by atoms with van der Waals surface area (Å²) in [6.07, 6.45) is 2.73. The van der Waals surface area contributed by atoms with Crippen LogP contribution in [0, 0.1) is 11.3 Å². The molecular formula is C19H30N2O2. The number of hydrogen-bond acceptors (Lipinski definition) is 2. The van der Waals surface area contributed by atoms with Gasteiger partial charge in [0.1, 0.15) is 0 Å². The van der Waals surface area contributed by atoms with Crippen LogP contribution in [0.25, 0.3) is 0 Å². The maximum Gasteiger partial charge on any atom is 0.317 e. The van der Waals surface area contributed by atoms with Crippen LogP contribution in [0.2, 0.25) is 0 Å². The summed E-state index contributed by atoms with van der Waals surface area (Å²) in [5.41, 5.74) is 1.15. The number of urea groups is 1. The first kappa shape index (κ1) is 17.8. The molecule has 2 N–H and O–H groups in total. The van der Waals surface area contributed by atoms with Crippen molar-refractivity contribution in [2.24, 2.45) is 11.3 Å². The van der Waals surface area contributed by atoms with Gasteiger partial charge in [-0.25, -0.2) is 4.79 Å². The van der Waals surface area contributed by atoms with Crippen LogP contribution in [0.5, 0.6) is 0 Å². The normalized spacial score (nSPS) is 18.7. The van der Waals surface area contributed by atoms with Crippen molar-refractivity contribution < 1.29 is 9.90 Å². The summed E-state index contributed by atoms with van der Waals surface area (Å²) in [5, 5.41) is 12.8. The second kappa shape index (κ2) is 7.82. The lowest BCUT2D eigenvalue weighted by Crippen LogP contribution is -2.49. The van der Waals surface area contributed by atoms with Crippen LogP contribution in [0.4, 0.5) is 4.79 Å². The predicted octanol–water partition coefficient (Wildman–Crippen LogP) is 3.58. The maximum atomic E-state index is 12.6. The number of carbonyl (C=O) groups is 1. The van der Waals surface area contributed by atoms with Crippen LogP contribution in [-0.4, -0.2) is 35.7 Å². The number of likely N-dealkylation sites (tertiary alicyclic amines) is 1. The summed E-state index contributed by atoms with van der Waals surface area (Å²) in [6, 6.07) is 10.2. The molecule has 1 unspecified atom stereocenters. The second-order valence-corrected chi connectivity index (χ2v) is 7.08. The zero-order valence-corrected chi connectivity index (χ0v) is 14.6. The minimum atomic E-state index is 0.00760. The quantitative estimate of drug-likeness (QED) is 0.872. The van der Waals surface area contributed by atoms with E-state index in [4.69, 9.17) is 0 Å². The van der Waals surface area contributed by atoms with Crippen molar-refractivity contribution in [2.75, 3.05) is 19.7 Å². The van der Waals surface area contributed by atoms with Gasteiger partial charge in [0.05, 0.1) is 6.04 Å². The predicted molar refractivity (Wildman–Crippen MR) is 93.2 cm³/mol. The van der Waals surface area contributed by atoms with Gasteiger partial charge < -0.3 is 15.3 Å². The van der Waals surface area contributed by atoms with Crippen molar-refractivity contribution in [2.45, 2.75) is 46.1 Å². The highest BCUT2D eigenvalue weighted by atomic mass is 16.3. The van der Waals surface area contributed by atoms with E-state index in [2.05, 4.69) is 38.2 Å². The number of nitrogens with one attached hydrogen (secondary N) is 1. The van der Waals surface area contributed by atoms with Crippen molar-refractivity contribution in [1.29, 1.82) is 0 Å². The molecule has 1 aromatic carbocycles. The molecule has 4 heteroatoms. The number of carbonyl (C=O) groups excluding carboxylic acids is 1. The molecule has 0 radical (unpaired) electrons. The number of aliphatic hydroxyl groups excluding tert-OH is 1. The Morgan fingerprint density at radius 1 is 1.26 bits per heavy atom. The summed E-state index contributed by atoms with van der Waals surface area (Å²) in [7, 11) is 0. The van der Waals surface area contributed by atoms with E-state index in [-0.39, 0.29) is 24.1 Å². The molecule has 1 atom stereocenters. The summed E-state index contributed by atoms with van der Waals surface area (Å²) in [6.45, 7) is 8.04. The first-order valence-electron chi connectivity index (χ1n) is 8.72. The van der Waals surface area contributed by atoms with Gasteiger partial charge in [-0.1, -0.05) is 51.1 Å². The molecule has 1 fully saturated rings. The Kier molecular flexibility index (Phi) is 6.05.